The predicted molar refractivity (Wildman–Crippen MR) is 124 cm³/mol. The third kappa shape index (κ3) is 3.07. The number of Topliss-reactive ketones (excluding diaryl/α,β-unsaturated/α-hetero) is 1. The molecular weight excluding hydrogens is 442 g/mol. The van der Waals surface area contributed by atoms with Crippen molar-refractivity contribution in [2.45, 2.75) is 65.8 Å². The zero-order valence-corrected chi connectivity index (χ0v) is 20.8. The minimum Gasteiger partial charge on any atom is -0.450 e. The number of aliphatic hydroxyl groups excluding tert-OH is 2. The second kappa shape index (κ2) is 7.83. The first-order chi connectivity index (χ1) is 15.3. The van der Waals surface area contributed by atoms with Crippen molar-refractivity contribution < 1.29 is 29.6 Å². The van der Waals surface area contributed by atoms with Crippen LogP contribution < -0.4 is 0 Å². The van der Waals surface area contributed by atoms with Crippen LogP contribution in [-0.2, 0) is 9.53 Å². The summed E-state index contributed by atoms with van der Waals surface area (Å²) in [6.45, 7) is 11.0. The van der Waals surface area contributed by atoms with Gasteiger partial charge in [-0.25, -0.2) is 9.78 Å². The van der Waals surface area contributed by atoms with Gasteiger partial charge in [0, 0.05) is 10.8 Å². The molecule has 7 nitrogen and oxygen atoms in total. The number of carbonyl (C=O) groups is 2. The molecule has 1 aromatic rings. The number of aliphatic hydroxyl groups is 3. The first-order valence-corrected chi connectivity index (χ1v) is 12.3. The first kappa shape index (κ1) is 24.3. The number of ketones is 1. The summed E-state index contributed by atoms with van der Waals surface area (Å²) in [5.41, 5.74) is -1.74. The highest BCUT2D eigenvalue weighted by atomic mass is 32.1. The molecule has 3 N–H and O–H groups in total. The highest BCUT2D eigenvalue weighted by Crippen LogP contribution is 2.62. The molecule has 8 heteroatoms. The van der Waals surface area contributed by atoms with Gasteiger partial charge >= 0.3 is 5.97 Å². The smallest absolute Gasteiger partial charge is 0.358 e. The van der Waals surface area contributed by atoms with Crippen molar-refractivity contribution in [3.05, 3.63) is 39.4 Å². The number of nitrogens with zero attached hydrogens (tertiary/aromatic N) is 1. The van der Waals surface area contributed by atoms with E-state index in [-0.39, 0.29) is 28.9 Å². The molecule has 0 aromatic carbocycles. The third-order valence-electron chi connectivity index (χ3n) is 8.67. The number of aromatic nitrogens is 1. The van der Waals surface area contributed by atoms with E-state index in [2.05, 4.69) is 11.9 Å². The number of ether oxygens (including phenoxy) is 1. The summed E-state index contributed by atoms with van der Waals surface area (Å²) in [4.78, 5) is 32.0. The van der Waals surface area contributed by atoms with Crippen LogP contribution >= 0.6 is 11.3 Å². The van der Waals surface area contributed by atoms with Crippen LogP contribution in [0.5, 0.6) is 0 Å². The lowest BCUT2D eigenvalue weighted by atomic mass is 9.59. The SMILES string of the molecule is CC1=CC23C(=O)[C@@H](C=C(CO)[C@@H](O)[C@]2(O)[C@H]1OC(=O)c1ncsc1C)C(C)(C)[C@@H](C)CC3C. The van der Waals surface area contributed by atoms with E-state index < -0.39 is 47.1 Å². The Morgan fingerprint density at radius 1 is 1.27 bits per heavy atom. The summed E-state index contributed by atoms with van der Waals surface area (Å²) in [6, 6.07) is 0. The molecule has 0 amide bonds. The van der Waals surface area contributed by atoms with E-state index >= 15 is 0 Å². The second-order valence-corrected chi connectivity index (χ2v) is 11.7. The molecule has 33 heavy (non-hydrogen) atoms. The Bertz CT molecular complexity index is 1060. The van der Waals surface area contributed by atoms with Gasteiger partial charge in [-0.05, 0) is 48.7 Å². The molecule has 0 radical (unpaired) electrons. The Morgan fingerprint density at radius 2 is 1.94 bits per heavy atom. The van der Waals surface area contributed by atoms with E-state index in [1.807, 2.05) is 20.8 Å². The first-order valence-electron chi connectivity index (χ1n) is 11.4. The zero-order chi connectivity index (χ0) is 24.5. The van der Waals surface area contributed by atoms with E-state index in [9.17, 15) is 24.9 Å². The van der Waals surface area contributed by atoms with Crippen molar-refractivity contribution in [1.29, 1.82) is 0 Å². The van der Waals surface area contributed by atoms with Crippen LogP contribution in [-0.4, -0.2) is 56.5 Å². The van der Waals surface area contributed by atoms with Crippen LogP contribution in [0.25, 0.3) is 0 Å². The topological polar surface area (TPSA) is 117 Å². The Morgan fingerprint density at radius 3 is 2.52 bits per heavy atom. The molecule has 2 unspecified atom stereocenters. The van der Waals surface area contributed by atoms with Crippen LogP contribution in [0.15, 0.2) is 28.8 Å². The maximum absolute atomic E-state index is 14.3. The van der Waals surface area contributed by atoms with Gasteiger partial charge in [0.15, 0.2) is 23.2 Å². The summed E-state index contributed by atoms with van der Waals surface area (Å²) in [5.74, 6) is -1.76. The van der Waals surface area contributed by atoms with Crippen LogP contribution in [0.1, 0.15) is 56.4 Å². The second-order valence-electron chi connectivity index (χ2n) is 10.6. The highest BCUT2D eigenvalue weighted by Gasteiger charge is 2.73. The fourth-order valence-corrected chi connectivity index (χ4v) is 6.88. The monoisotopic (exact) mass is 475 g/mol. The number of rotatable bonds is 3. The summed E-state index contributed by atoms with van der Waals surface area (Å²) < 4.78 is 5.81. The molecule has 180 valence electrons. The molecule has 1 spiro atoms. The van der Waals surface area contributed by atoms with Crippen LogP contribution in [0, 0.1) is 35.5 Å². The van der Waals surface area contributed by atoms with Gasteiger partial charge in [-0.3, -0.25) is 4.79 Å². The number of hydrogen-bond donors (Lipinski definition) is 3. The van der Waals surface area contributed by atoms with Crippen LogP contribution in [0.4, 0.5) is 0 Å². The number of hydrogen-bond acceptors (Lipinski definition) is 8. The molecule has 1 fully saturated rings. The molecule has 1 saturated carbocycles. The molecule has 1 heterocycles. The van der Waals surface area contributed by atoms with Gasteiger partial charge in [0.05, 0.1) is 17.5 Å². The van der Waals surface area contributed by atoms with Crippen molar-refractivity contribution in [2.24, 2.45) is 28.6 Å². The van der Waals surface area contributed by atoms with E-state index in [0.717, 1.165) is 0 Å². The Hall–Kier alpha value is -1.87. The van der Waals surface area contributed by atoms with Gasteiger partial charge in [-0.2, -0.15) is 0 Å². The average molecular weight is 476 g/mol. The average Bonchev–Trinajstić information content (AvgIpc) is 3.25. The molecule has 3 aliphatic carbocycles. The summed E-state index contributed by atoms with van der Waals surface area (Å²) in [6.07, 6.45) is 1.13. The van der Waals surface area contributed by atoms with Gasteiger partial charge in [-0.15, -0.1) is 11.3 Å². The maximum atomic E-state index is 14.3. The Balaban J connectivity index is 1.92. The predicted octanol–water partition coefficient (Wildman–Crippen LogP) is 2.83. The fourth-order valence-electron chi connectivity index (χ4n) is 6.32. The quantitative estimate of drug-likeness (QED) is 0.455. The standard InChI is InChI=1S/C25H33NO6S/c1-12-9-24-14(3)7-13(2)23(5,6)17(20(24)29)8-16(10-27)19(28)25(24,31)21(12)32-22(30)18-15(4)33-11-26-18/h8-9,11,13-14,17,19,21,27-28,31H,7,10H2,1-6H3/t13-,14?,17+,19+,21-,24?,25-/m0/s1. The van der Waals surface area contributed by atoms with Crippen LogP contribution in [0.3, 0.4) is 0 Å². The summed E-state index contributed by atoms with van der Waals surface area (Å²) in [7, 11) is 0. The number of aryl methyl sites for hydroxylation is 1. The molecule has 1 aromatic heterocycles. The van der Waals surface area contributed by atoms with Crippen molar-refractivity contribution in [3.63, 3.8) is 0 Å². The molecule has 7 atom stereocenters. The molecule has 3 aliphatic rings. The van der Waals surface area contributed by atoms with Gasteiger partial charge < -0.3 is 20.1 Å². The molecule has 0 saturated heterocycles. The number of allylic oxidation sites excluding steroid dienone is 1. The Kier molecular flexibility index (Phi) is 5.76. The minimum atomic E-state index is -2.16. The summed E-state index contributed by atoms with van der Waals surface area (Å²) >= 11 is 1.30. The minimum absolute atomic E-state index is 0.129. The van der Waals surface area contributed by atoms with Crippen molar-refractivity contribution in [2.75, 3.05) is 6.61 Å². The molecule has 0 aliphatic heterocycles. The lowest BCUT2D eigenvalue weighted by Gasteiger charge is -2.48. The molecular formula is C25H33NO6S. The van der Waals surface area contributed by atoms with Crippen molar-refractivity contribution >= 4 is 23.1 Å². The van der Waals surface area contributed by atoms with Crippen LogP contribution in [0.2, 0.25) is 0 Å². The number of thiazole rings is 1. The normalized spacial score (nSPS) is 39.8. The largest absolute Gasteiger partial charge is 0.450 e. The highest BCUT2D eigenvalue weighted by molar-refractivity contribution is 7.09. The third-order valence-corrected chi connectivity index (χ3v) is 9.43. The van der Waals surface area contributed by atoms with Gasteiger partial charge in [-0.1, -0.05) is 39.8 Å². The van der Waals surface area contributed by atoms with Gasteiger partial charge in [0.2, 0.25) is 0 Å². The zero-order valence-electron chi connectivity index (χ0n) is 20.0. The van der Waals surface area contributed by atoms with Crippen molar-refractivity contribution in [1.82, 2.24) is 4.98 Å². The lowest BCUT2D eigenvalue weighted by Crippen LogP contribution is -2.65. The van der Waals surface area contributed by atoms with Gasteiger partial charge in [0.1, 0.15) is 6.10 Å². The number of fused-ring (bicyclic) bond motifs is 1. The van der Waals surface area contributed by atoms with Gasteiger partial charge in [0.25, 0.3) is 0 Å². The molecule has 4 rings (SSSR count). The number of carbonyl (C=O) groups excluding carboxylic acids is 2. The lowest BCUT2D eigenvalue weighted by molar-refractivity contribution is -0.190. The number of esters is 1. The Labute approximate surface area is 198 Å². The summed E-state index contributed by atoms with van der Waals surface area (Å²) in [5, 5.41) is 34.0. The maximum Gasteiger partial charge on any atom is 0.358 e. The molecule has 2 bridgehead atoms. The van der Waals surface area contributed by atoms with Crippen molar-refractivity contribution in [3.8, 4) is 0 Å². The van der Waals surface area contributed by atoms with E-state index in [0.29, 0.717) is 16.9 Å². The van der Waals surface area contributed by atoms with E-state index in [1.165, 1.54) is 16.8 Å². The van der Waals surface area contributed by atoms with E-state index in [1.54, 1.807) is 26.0 Å². The fraction of sp³-hybridized carbons (Fsp3) is 0.640. The van der Waals surface area contributed by atoms with E-state index in [4.69, 9.17) is 4.74 Å².